The van der Waals surface area contributed by atoms with Crippen molar-refractivity contribution in [2.24, 2.45) is 0 Å². The van der Waals surface area contributed by atoms with Crippen LogP contribution in [0.4, 0.5) is 0 Å². The van der Waals surface area contributed by atoms with Crippen molar-refractivity contribution in [3.8, 4) is 56.7 Å². The van der Waals surface area contributed by atoms with Gasteiger partial charge in [0.05, 0.1) is 22.1 Å². The Hall–Kier alpha value is -7.63. The topological polar surface area (TPSA) is 48.5 Å². The number of fused-ring (bicyclic) bond motifs is 9. The fourth-order valence-electron chi connectivity index (χ4n) is 9.58. The van der Waals surface area contributed by atoms with Crippen LogP contribution in [0.3, 0.4) is 0 Å². The van der Waals surface area contributed by atoms with Gasteiger partial charge >= 0.3 is 0 Å². The zero-order valence-corrected chi connectivity index (χ0v) is 32.6. The van der Waals surface area contributed by atoms with E-state index in [4.69, 9.17) is 15.0 Å². The van der Waals surface area contributed by atoms with Gasteiger partial charge in [0.15, 0.2) is 17.5 Å². The number of rotatable bonds is 5. The molecule has 0 unspecified atom stereocenters. The van der Waals surface area contributed by atoms with Crippen LogP contribution in [0, 0.1) is 0 Å². The molecule has 5 nitrogen and oxygen atoms in total. The summed E-state index contributed by atoms with van der Waals surface area (Å²) in [5.41, 5.74) is 14.4. The first-order valence-electron chi connectivity index (χ1n) is 20.2. The van der Waals surface area contributed by atoms with E-state index in [1.165, 1.54) is 43.8 Å². The van der Waals surface area contributed by atoms with E-state index in [0.717, 1.165) is 50.1 Å². The lowest BCUT2D eigenvalue weighted by atomic mass is 9.82. The van der Waals surface area contributed by atoms with E-state index in [1.54, 1.807) is 0 Å². The van der Waals surface area contributed by atoms with E-state index in [1.807, 2.05) is 18.2 Å². The smallest absolute Gasteiger partial charge is 0.164 e. The molecular formula is C54H37N5. The third-order valence-electron chi connectivity index (χ3n) is 12.3. The summed E-state index contributed by atoms with van der Waals surface area (Å²) in [6.07, 6.45) is 0. The van der Waals surface area contributed by atoms with Gasteiger partial charge in [0.1, 0.15) is 0 Å². The second-order valence-corrected chi connectivity index (χ2v) is 16.1. The molecule has 59 heavy (non-hydrogen) atoms. The molecule has 0 fully saturated rings. The molecule has 0 radical (unpaired) electrons. The Balaban J connectivity index is 1.14. The van der Waals surface area contributed by atoms with Crippen LogP contribution in [0.1, 0.15) is 25.0 Å². The van der Waals surface area contributed by atoms with Gasteiger partial charge in [-0.1, -0.05) is 153 Å². The minimum absolute atomic E-state index is 0.159. The zero-order chi connectivity index (χ0) is 39.2. The summed E-state index contributed by atoms with van der Waals surface area (Å²) >= 11 is 0. The molecule has 0 saturated heterocycles. The number of hydrogen-bond donors (Lipinski definition) is 0. The minimum atomic E-state index is -0.159. The second kappa shape index (κ2) is 12.7. The summed E-state index contributed by atoms with van der Waals surface area (Å²) in [6, 6.07) is 67.2. The normalized spacial score (nSPS) is 13.1. The van der Waals surface area contributed by atoms with E-state index >= 15 is 0 Å². The van der Waals surface area contributed by atoms with Crippen molar-refractivity contribution >= 4 is 43.6 Å². The van der Waals surface area contributed by atoms with Crippen LogP contribution >= 0.6 is 0 Å². The van der Waals surface area contributed by atoms with E-state index in [0.29, 0.717) is 17.5 Å². The lowest BCUT2D eigenvalue weighted by Crippen LogP contribution is -2.15. The molecule has 5 heteroatoms. The predicted molar refractivity (Wildman–Crippen MR) is 242 cm³/mol. The molecule has 278 valence electrons. The van der Waals surface area contributed by atoms with Gasteiger partial charge in [-0.05, 0) is 70.8 Å². The van der Waals surface area contributed by atoms with Crippen LogP contribution in [0.25, 0.3) is 100 Å². The van der Waals surface area contributed by atoms with Gasteiger partial charge in [-0.15, -0.1) is 0 Å². The summed E-state index contributed by atoms with van der Waals surface area (Å²) in [5.74, 6) is 1.89. The van der Waals surface area contributed by atoms with E-state index in [-0.39, 0.29) is 5.41 Å². The first kappa shape index (κ1) is 33.5. The zero-order valence-electron chi connectivity index (χ0n) is 32.6. The highest BCUT2D eigenvalue weighted by molar-refractivity contribution is 6.10. The molecule has 3 aromatic heterocycles. The molecule has 12 rings (SSSR count). The standard InChI is InChI=1S/C54H37N5/c1-54(2)45-23-11-6-18-39(45)40-29-28-35(32-46(40)54)52-55-51(34-16-4-3-5-17-34)56-53(57-52)36-30-37(58-47-24-12-7-19-41(47)42-20-8-13-25-48(42)58)33-38(31-36)59-49-26-14-9-21-43(49)44-22-10-15-27-50(44)59/h3-33H,1-2H3. The average molecular weight is 756 g/mol. The third kappa shape index (κ3) is 5.08. The number of aromatic nitrogens is 5. The highest BCUT2D eigenvalue weighted by Crippen LogP contribution is 2.49. The van der Waals surface area contributed by atoms with E-state index in [2.05, 4.69) is 193 Å². The maximum Gasteiger partial charge on any atom is 0.164 e. The van der Waals surface area contributed by atoms with E-state index < -0.39 is 0 Å². The Labute approximate surface area is 341 Å². The lowest BCUT2D eigenvalue weighted by Gasteiger charge is -2.21. The lowest BCUT2D eigenvalue weighted by molar-refractivity contribution is 0.660. The summed E-state index contributed by atoms with van der Waals surface area (Å²) in [7, 11) is 0. The van der Waals surface area contributed by atoms with Gasteiger partial charge in [0.2, 0.25) is 0 Å². The molecule has 0 aliphatic heterocycles. The third-order valence-corrected chi connectivity index (χ3v) is 12.3. The summed E-state index contributed by atoms with van der Waals surface area (Å²) in [5, 5.41) is 4.84. The van der Waals surface area contributed by atoms with Crippen molar-refractivity contribution in [3.05, 3.63) is 199 Å². The average Bonchev–Trinajstić information content (AvgIpc) is 3.89. The number of para-hydroxylation sites is 4. The summed E-state index contributed by atoms with van der Waals surface area (Å²) < 4.78 is 4.76. The number of benzene rings is 8. The molecule has 0 N–H and O–H groups in total. The maximum absolute atomic E-state index is 5.38. The Morgan fingerprint density at radius 1 is 0.339 bits per heavy atom. The van der Waals surface area contributed by atoms with Gasteiger partial charge in [-0.25, -0.2) is 15.0 Å². The second-order valence-electron chi connectivity index (χ2n) is 16.1. The molecule has 0 atom stereocenters. The van der Waals surface area contributed by atoms with Crippen molar-refractivity contribution in [2.45, 2.75) is 19.3 Å². The monoisotopic (exact) mass is 755 g/mol. The van der Waals surface area contributed by atoms with Crippen molar-refractivity contribution < 1.29 is 0 Å². The molecule has 8 aromatic carbocycles. The highest BCUT2D eigenvalue weighted by Gasteiger charge is 2.35. The molecule has 11 aromatic rings. The number of nitrogens with zero attached hydrogens (tertiary/aromatic N) is 5. The van der Waals surface area contributed by atoms with Gasteiger partial charge in [-0.2, -0.15) is 0 Å². The molecule has 1 aliphatic carbocycles. The van der Waals surface area contributed by atoms with Gasteiger partial charge in [0.25, 0.3) is 0 Å². The molecule has 1 aliphatic rings. The van der Waals surface area contributed by atoms with Gasteiger partial charge in [-0.3, -0.25) is 0 Å². The van der Waals surface area contributed by atoms with Crippen molar-refractivity contribution in [1.82, 2.24) is 24.1 Å². The van der Waals surface area contributed by atoms with Crippen LogP contribution in [0.15, 0.2) is 188 Å². The van der Waals surface area contributed by atoms with E-state index in [9.17, 15) is 0 Å². The Morgan fingerprint density at radius 2 is 0.763 bits per heavy atom. The molecule has 3 heterocycles. The predicted octanol–water partition coefficient (Wildman–Crippen LogP) is 13.4. The van der Waals surface area contributed by atoms with Crippen molar-refractivity contribution in [2.75, 3.05) is 0 Å². The molecule has 0 spiro atoms. The van der Waals surface area contributed by atoms with Crippen LogP contribution < -0.4 is 0 Å². The molecule has 0 saturated carbocycles. The van der Waals surface area contributed by atoms with Gasteiger partial charge in [0, 0.05) is 55.0 Å². The Morgan fingerprint density at radius 3 is 1.31 bits per heavy atom. The fraction of sp³-hybridized carbons (Fsp3) is 0.0556. The number of hydrogen-bond acceptors (Lipinski definition) is 3. The maximum atomic E-state index is 5.38. The van der Waals surface area contributed by atoms with Crippen molar-refractivity contribution in [3.63, 3.8) is 0 Å². The first-order valence-corrected chi connectivity index (χ1v) is 20.2. The summed E-state index contributed by atoms with van der Waals surface area (Å²) in [4.78, 5) is 15.9. The van der Waals surface area contributed by atoms with Crippen LogP contribution in [0.2, 0.25) is 0 Å². The fourth-order valence-corrected chi connectivity index (χ4v) is 9.58. The first-order chi connectivity index (χ1) is 29.0. The quantitative estimate of drug-likeness (QED) is 0.176. The molecular weight excluding hydrogens is 719 g/mol. The largest absolute Gasteiger partial charge is 0.309 e. The molecule has 0 bridgehead atoms. The minimum Gasteiger partial charge on any atom is -0.309 e. The van der Waals surface area contributed by atoms with Crippen LogP contribution in [-0.4, -0.2) is 24.1 Å². The van der Waals surface area contributed by atoms with Crippen LogP contribution in [-0.2, 0) is 5.41 Å². The van der Waals surface area contributed by atoms with Crippen molar-refractivity contribution in [1.29, 1.82) is 0 Å². The summed E-state index contributed by atoms with van der Waals surface area (Å²) in [6.45, 7) is 4.62. The van der Waals surface area contributed by atoms with Gasteiger partial charge < -0.3 is 9.13 Å². The van der Waals surface area contributed by atoms with Crippen LogP contribution in [0.5, 0.6) is 0 Å². The Bertz CT molecular complexity index is 3240. The highest BCUT2D eigenvalue weighted by atomic mass is 15.0. The Kier molecular flexibility index (Phi) is 7.20. The molecule has 0 amide bonds. The SMILES string of the molecule is CC1(C)c2ccccc2-c2ccc(-c3nc(-c4ccccc4)nc(-c4cc(-n5c6ccccc6c6ccccc65)cc(-n5c6ccccc6c6ccccc65)c4)n3)cc21.